The summed E-state index contributed by atoms with van der Waals surface area (Å²) < 4.78 is 5.82. The van der Waals surface area contributed by atoms with Crippen LogP contribution in [0.15, 0.2) is 0 Å². The van der Waals surface area contributed by atoms with E-state index in [1.807, 2.05) is 7.05 Å². The molecule has 2 rings (SSSR count). The molecule has 2 unspecified atom stereocenters. The summed E-state index contributed by atoms with van der Waals surface area (Å²) in [5, 5.41) is 3.32. The van der Waals surface area contributed by atoms with Crippen LogP contribution in [0.4, 0.5) is 0 Å². The normalized spacial score (nSPS) is 35.8. The quantitative estimate of drug-likeness (QED) is 0.689. The Bertz CT molecular complexity index is 145. The van der Waals surface area contributed by atoms with Gasteiger partial charge in [-0.15, -0.1) is 0 Å². The fraction of sp³-hybridized carbons (Fsp3) is 1.00. The molecule has 2 aliphatic rings. The fourth-order valence-electron chi connectivity index (χ4n) is 1.91. The molecule has 2 aliphatic carbocycles. The van der Waals surface area contributed by atoms with Gasteiger partial charge < -0.3 is 10.1 Å². The number of ether oxygens (including phenoxy) is 1. The molecule has 0 amide bonds. The lowest BCUT2D eigenvalue weighted by Crippen LogP contribution is -2.22. The van der Waals surface area contributed by atoms with Crippen molar-refractivity contribution in [2.24, 2.45) is 5.92 Å². The first-order valence-electron chi connectivity index (χ1n) is 5.17. The zero-order valence-electron chi connectivity index (χ0n) is 7.88. The second kappa shape index (κ2) is 3.75. The maximum atomic E-state index is 5.82. The Morgan fingerprint density at radius 3 is 2.67 bits per heavy atom. The zero-order valence-corrected chi connectivity index (χ0v) is 7.88. The Balaban J connectivity index is 1.61. The Labute approximate surface area is 74.7 Å². The summed E-state index contributed by atoms with van der Waals surface area (Å²) in [6, 6.07) is 0.717. The summed E-state index contributed by atoms with van der Waals surface area (Å²) in [6.07, 6.45) is 7.15. The van der Waals surface area contributed by atoms with Crippen LogP contribution in [0, 0.1) is 5.92 Å². The third kappa shape index (κ3) is 2.20. The van der Waals surface area contributed by atoms with E-state index in [1.165, 1.54) is 32.1 Å². The number of hydrogen-bond donors (Lipinski definition) is 1. The van der Waals surface area contributed by atoms with Crippen LogP contribution in [-0.2, 0) is 4.74 Å². The molecule has 0 saturated heterocycles. The Morgan fingerprint density at radius 2 is 2.08 bits per heavy atom. The Kier molecular flexibility index (Phi) is 2.66. The molecule has 2 atom stereocenters. The molecule has 2 heteroatoms. The average molecular weight is 169 g/mol. The van der Waals surface area contributed by atoms with Gasteiger partial charge >= 0.3 is 0 Å². The molecule has 0 spiro atoms. The van der Waals surface area contributed by atoms with E-state index >= 15 is 0 Å². The van der Waals surface area contributed by atoms with Crippen LogP contribution in [0.1, 0.15) is 32.1 Å². The third-order valence-electron chi connectivity index (χ3n) is 3.06. The Hall–Kier alpha value is -0.0800. The van der Waals surface area contributed by atoms with Crippen LogP contribution < -0.4 is 5.32 Å². The van der Waals surface area contributed by atoms with E-state index in [0.717, 1.165) is 12.5 Å². The van der Waals surface area contributed by atoms with Gasteiger partial charge in [-0.1, -0.05) is 0 Å². The van der Waals surface area contributed by atoms with Crippen LogP contribution in [0.5, 0.6) is 0 Å². The highest BCUT2D eigenvalue weighted by molar-refractivity contribution is 4.81. The first kappa shape index (κ1) is 8.52. The summed E-state index contributed by atoms with van der Waals surface area (Å²) in [4.78, 5) is 0. The highest BCUT2D eigenvalue weighted by atomic mass is 16.5. The molecule has 1 N–H and O–H groups in total. The van der Waals surface area contributed by atoms with E-state index < -0.39 is 0 Å². The molecule has 0 radical (unpaired) electrons. The van der Waals surface area contributed by atoms with E-state index in [1.54, 1.807) is 0 Å². The standard InChI is InChI=1S/C10H19NO/c1-11-9-4-5-10(6-9)12-7-8-2-3-8/h8-11H,2-7H2,1H3. The van der Waals surface area contributed by atoms with Crippen molar-refractivity contribution in [3.05, 3.63) is 0 Å². The van der Waals surface area contributed by atoms with Crippen molar-refractivity contribution in [2.75, 3.05) is 13.7 Å². The topological polar surface area (TPSA) is 21.3 Å². The van der Waals surface area contributed by atoms with Gasteiger partial charge in [0.15, 0.2) is 0 Å². The van der Waals surface area contributed by atoms with E-state index in [-0.39, 0.29) is 0 Å². The number of hydrogen-bond acceptors (Lipinski definition) is 2. The average Bonchev–Trinajstić information content (AvgIpc) is 2.81. The van der Waals surface area contributed by atoms with Crippen LogP contribution in [-0.4, -0.2) is 25.8 Å². The summed E-state index contributed by atoms with van der Waals surface area (Å²) in [6.45, 7) is 1.03. The Morgan fingerprint density at radius 1 is 1.25 bits per heavy atom. The SMILES string of the molecule is CNC1CCC(OCC2CC2)C1. The van der Waals surface area contributed by atoms with Crippen molar-refractivity contribution >= 4 is 0 Å². The van der Waals surface area contributed by atoms with Crippen molar-refractivity contribution in [3.8, 4) is 0 Å². The van der Waals surface area contributed by atoms with Gasteiger partial charge in [0.05, 0.1) is 6.10 Å². The minimum Gasteiger partial charge on any atom is -0.378 e. The maximum Gasteiger partial charge on any atom is 0.0590 e. The molecule has 0 aromatic heterocycles. The minimum absolute atomic E-state index is 0.558. The third-order valence-corrected chi connectivity index (χ3v) is 3.06. The highest BCUT2D eigenvalue weighted by Gasteiger charge is 2.27. The second-order valence-electron chi connectivity index (χ2n) is 4.20. The van der Waals surface area contributed by atoms with Crippen molar-refractivity contribution in [1.82, 2.24) is 5.32 Å². The largest absolute Gasteiger partial charge is 0.378 e. The molecule has 0 heterocycles. The van der Waals surface area contributed by atoms with Crippen LogP contribution >= 0.6 is 0 Å². The number of nitrogens with one attached hydrogen (secondary N) is 1. The molecular weight excluding hydrogens is 150 g/mol. The van der Waals surface area contributed by atoms with Crippen LogP contribution in [0.25, 0.3) is 0 Å². The molecule has 0 aromatic rings. The lowest BCUT2D eigenvalue weighted by molar-refractivity contribution is 0.0496. The molecule has 12 heavy (non-hydrogen) atoms. The van der Waals surface area contributed by atoms with E-state index in [0.29, 0.717) is 12.1 Å². The summed E-state index contributed by atoms with van der Waals surface area (Å²) in [5.41, 5.74) is 0. The molecule has 0 aromatic carbocycles. The lowest BCUT2D eigenvalue weighted by atomic mass is 10.2. The maximum absolute atomic E-state index is 5.82. The van der Waals surface area contributed by atoms with Gasteiger partial charge in [0.25, 0.3) is 0 Å². The summed E-state index contributed by atoms with van der Waals surface area (Å²) in [7, 11) is 2.05. The van der Waals surface area contributed by atoms with Crippen LogP contribution in [0.2, 0.25) is 0 Å². The fourth-order valence-corrected chi connectivity index (χ4v) is 1.91. The first-order valence-corrected chi connectivity index (χ1v) is 5.17. The van der Waals surface area contributed by atoms with Gasteiger partial charge in [0.2, 0.25) is 0 Å². The molecule has 70 valence electrons. The molecule has 2 nitrogen and oxygen atoms in total. The van der Waals surface area contributed by atoms with Gasteiger partial charge in [0, 0.05) is 12.6 Å². The first-order chi connectivity index (χ1) is 5.88. The van der Waals surface area contributed by atoms with Crippen LogP contribution in [0.3, 0.4) is 0 Å². The summed E-state index contributed by atoms with van der Waals surface area (Å²) in [5.74, 6) is 0.915. The summed E-state index contributed by atoms with van der Waals surface area (Å²) >= 11 is 0. The molecule has 2 fully saturated rings. The minimum atomic E-state index is 0.558. The van der Waals surface area contributed by atoms with Crippen molar-refractivity contribution in [1.29, 1.82) is 0 Å². The molecular formula is C10H19NO. The van der Waals surface area contributed by atoms with E-state index in [4.69, 9.17) is 4.74 Å². The highest BCUT2D eigenvalue weighted by Crippen LogP contribution is 2.31. The second-order valence-corrected chi connectivity index (χ2v) is 4.20. The predicted molar refractivity (Wildman–Crippen MR) is 49.2 cm³/mol. The monoisotopic (exact) mass is 169 g/mol. The van der Waals surface area contributed by atoms with Gasteiger partial charge in [-0.05, 0) is 45.1 Å². The molecule has 0 aliphatic heterocycles. The van der Waals surface area contributed by atoms with E-state index in [2.05, 4.69) is 5.32 Å². The lowest BCUT2D eigenvalue weighted by Gasteiger charge is -2.11. The molecule has 0 bridgehead atoms. The zero-order chi connectivity index (χ0) is 8.39. The van der Waals surface area contributed by atoms with Gasteiger partial charge in [-0.3, -0.25) is 0 Å². The van der Waals surface area contributed by atoms with Gasteiger partial charge in [0.1, 0.15) is 0 Å². The van der Waals surface area contributed by atoms with Crippen molar-refractivity contribution in [2.45, 2.75) is 44.2 Å². The van der Waals surface area contributed by atoms with Crippen molar-refractivity contribution in [3.63, 3.8) is 0 Å². The van der Waals surface area contributed by atoms with E-state index in [9.17, 15) is 0 Å². The number of rotatable bonds is 4. The molecule has 2 saturated carbocycles. The van der Waals surface area contributed by atoms with Gasteiger partial charge in [-0.25, -0.2) is 0 Å². The predicted octanol–water partition coefficient (Wildman–Crippen LogP) is 1.55. The smallest absolute Gasteiger partial charge is 0.0590 e. The van der Waals surface area contributed by atoms with Gasteiger partial charge in [-0.2, -0.15) is 0 Å². The van der Waals surface area contributed by atoms with Crippen molar-refractivity contribution < 1.29 is 4.74 Å².